The Labute approximate surface area is 166 Å². The summed E-state index contributed by atoms with van der Waals surface area (Å²) in [5.41, 5.74) is 0.167. The normalized spacial score (nSPS) is 17.2. The van der Waals surface area contributed by atoms with Crippen molar-refractivity contribution in [2.45, 2.75) is 37.6 Å². The fraction of sp³-hybridized carbons (Fsp3) is 0.389. The van der Waals surface area contributed by atoms with Crippen LogP contribution < -0.4 is 0 Å². The van der Waals surface area contributed by atoms with Gasteiger partial charge in [0.1, 0.15) is 5.03 Å². The van der Waals surface area contributed by atoms with Crippen LogP contribution in [0.25, 0.3) is 0 Å². The maximum atomic E-state index is 12.7. The van der Waals surface area contributed by atoms with Gasteiger partial charge in [0.05, 0.1) is 10.6 Å². The van der Waals surface area contributed by atoms with Gasteiger partial charge in [0.25, 0.3) is 5.79 Å². The molecule has 150 valence electrons. The lowest BCUT2D eigenvalue weighted by molar-refractivity contribution is -0.240. The van der Waals surface area contributed by atoms with E-state index in [1.54, 1.807) is 17.5 Å². The highest BCUT2D eigenvalue weighted by Crippen LogP contribution is 2.27. The molecule has 0 saturated carbocycles. The molecule has 2 aromatic heterocycles. The summed E-state index contributed by atoms with van der Waals surface area (Å²) in [5.74, 6) is -4.33. The Hall–Kier alpha value is -2.46. The molecule has 8 nitrogen and oxygen atoms in total. The fourth-order valence-electron chi connectivity index (χ4n) is 2.97. The first-order valence-corrected chi connectivity index (χ1v) is 11.2. The molecule has 1 saturated heterocycles. The van der Waals surface area contributed by atoms with E-state index in [4.69, 9.17) is 9.47 Å². The molecule has 0 amide bonds. The maximum absolute atomic E-state index is 12.7. The minimum atomic E-state index is -3.63. The van der Waals surface area contributed by atoms with Crippen molar-refractivity contribution in [3.63, 3.8) is 0 Å². The molecular weight excluding hydrogens is 406 g/mol. The highest BCUT2D eigenvalue weighted by molar-refractivity contribution is 7.90. The number of cyclic esters (lactones) is 2. The quantitative estimate of drug-likeness (QED) is 0.396. The van der Waals surface area contributed by atoms with E-state index in [0.29, 0.717) is 4.88 Å². The molecule has 0 radical (unpaired) electrons. The van der Waals surface area contributed by atoms with Crippen molar-refractivity contribution >= 4 is 38.9 Å². The van der Waals surface area contributed by atoms with Crippen LogP contribution in [-0.2, 0) is 35.4 Å². The molecule has 1 aliphatic rings. The summed E-state index contributed by atoms with van der Waals surface area (Å²) in [4.78, 5) is 37.5. The van der Waals surface area contributed by atoms with Crippen LogP contribution in [0.3, 0.4) is 0 Å². The molecule has 0 aromatic carbocycles. The Morgan fingerprint density at radius 2 is 1.82 bits per heavy atom. The lowest BCUT2D eigenvalue weighted by atomic mass is 10.0. The molecule has 3 rings (SSSR count). The Bertz CT molecular complexity index is 1010. The monoisotopic (exact) mass is 425 g/mol. The summed E-state index contributed by atoms with van der Waals surface area (Å²) in [6.07, 6.45) is 0.972. The van der Waals surface area contributed by atoms with Gasteiger partial charge in [0.2, 0.25) is 5.78 Å². The van der Waals surface area contributed by atoms with Gasteiger partial charge in [-0.05, 0) is 30.0 Å². The lowest BCUT2D eigenvalue weighted by Gasteiger charge is -2.33. The van der Waals surface area contributed by atoms with Crippen LogP contribution in [0.5, 0.6) is 0 Å². The molecule has 0 N–H and O–H groups in total. The number of carbonyl (C=O) groups excluding carboxylic acids is 3. The van der Waals surface area contributed by atoms with Crippen LogP contribution in [-0.4, -0.2) is 42.7 Å². The van der Waals surface area contributed by atoms with Crippen LogP contribution in [0.4, 0.5) is 0 Å². The Morgan fingerprint density at radius 3 is 2.36 bits per heavy atom. The number of thiophene rings is 1. The fourth-order valence-corrected chi connectivity index (χ4v) is 4.55. The second-order valence-electron chi connectivity index (χ2n) is 6.87. The second kappa shape index (κ2) is 7.17. The molecule has 0 aliphatic carbocycles. The summed E-state index contributed by atoms with van der Waals surface area (Å²) < 4.78 is 35.7. The van der Waals surface area contributed by atoms with Crippen LogP contribution in [0.1, 0.15) is 35.6 Å². The van der Waals surface area contributed by atoms with Gasteiger partial charge in [-0.3, -0.25) is 14.4 Å². The van der Waals surface area contributed by atoms with Gasteiger partial charge in [-0.2, -0.15) is 0 Å². The van der Waals surface area contributed by atoms with E-state index in [9.17, 15) is 22.8 Å². The number of carbonyl (C=O) groups is 3. The first-order valence-electron chi connectivity index (χ1n) is 8.43. The van der Waals surface area contributed by atoms with Crippen LogP contribution in [0.15, 0.2) is 34.7 Å². The molecule has 28 heavy (non-hydrogen) atoms. The van der Waals surface area contributed by atoms with E-state index in [1.807, 2.05) is 0 Å². The Balaban J connectivity index is 1.90. The number of ketones is 1. The van der Waals surface area contributed by atoms with Crippen molar-refractivity contribution in [2.24, 2.45) is 5.92 Å². The van der Waals surface area contributed by atoms with Gasteiger partial charge in [0.15, 0.2) is 15.8 Å². The molecule has 10 heteroatoms. The van der Waals surface area contributed by atoms with Crippen molar-refractivity contribution < 1.29 is 32.3 Å². The third-order valence-electron chi connectivity index (χ3n) is 4.20. The van der Waals surface area contributed by atoms with Crippen molar-refractivity contribution in [1.29, 1.82) is 0 Å². The number of rotatable bonds is 6. The third-order valence-corrected chi connectivity index (χ3v) is 6.19. The van der Waals surface area contributed by atoms with Crippen molar-refractivity contribution in [1.82, 2.24) is 4.57 Å². The standard InChI is InChI=1S/C18H19NO7S2/c1-18(2)25-16(21)11(17(22)26-18)8-9-19-12(6-7-14(19)28(3,23)24)15(20)13-5-4-10-27-13/h4-7,10-11H,8-9H2,1-3H3. The predicted octanol–water partition coefficient (Wildman–Crippen LogP) is 2.03. The summed E-state index contributed by atoms with van der Waals surface area (Å²) in [6, 6.07) is 6.14. The molecule has 0 spiro atoms. The highest BCUT2D eigenvalue weighted by Gasteiger charge is 2.43. The first kappa shape index (κ1) is 20.3. The van der Waals surface area contributed by atoms with Gasteiger partial charge in [-0.1, -0.05) is 6.07 Å². The number of aromatic nitrogens is 1. The van der Waals surface area contributed by atoms with Gasteiger partial charge in [-0.15, -0.1) is 11.3 Å². The van der Waals surface area contributed by atoms with E-state index in [2.05, 4.69) is 0 Å². The summed E-state index contributed by atoms with van der Waals surface area (Å²) in [6.45, 7) is 2.85. The van der Waals surface area contributed by atoms with Crippen LogP contribution >= 0.6 is 11.3 Å². The van der Waals surface area contributed by atoms with Crippen molar-refractivity contribution in [3.05, 3.63) is 40.2 Å². The molecule has 1 fully saturated rings. The second-order valence-corrected chi connectivity index (χ2v) is 9.78. The zero-order valence-electron chi connectivity index (χ0n) is 15.5. The molecule has 0 bridgehead atoms. The lowest BCUT2D eigenvalue weighted by Crippen LogP contribution is -2.46. The topological polar surface area (TPSA) is 109 Å². The number of esters is 2. The van der Waals surface area contributed by atoms with Crippen LogP contribution in [0.2, 0.25) is 0 Å². The van der Waals surface area contributed by atoms with Crippen molar-refractivity contribution in [3.8, 4) is 0 Å². The van der Waals surface area contributed by atoms with Gasteiger partial charge in [0, 0.05) is 26.6 Å². The summed E-state index contributed by atoms with van der Waals surface area (Å²) in [5, 5.41) is 1.68. The van der Waals surface area contributed by atoms with Crippen LogP contribution in [0, 0.1) is 5.92 Å². The highest BCUT2D eigenvalue weighted by atomic mass is 32.2. The summed E-state index contributed by atoms with van der Waals surface area (Å²) >= 11 is 1.24. The van der Waals surface area contributed by atoms with Gasteiger partial charge >= 0.3 is 11.9 Å². The largest absolute Gasteiger partial charge is 0.422 e. The molecular formula is C18H19NO7S2. The van der Waals surface area contributed by atoms with Crippen molar-refractivity contribution in [2.75, 3.05) is 6.26 Å². The van der Waals surface area contributed by atoms with E-state index in [0.717, 1.165) is 6.26 Å². The smallest absolute Gasteiger partial charge is 0.323 e. The minimum Gasteiger partial charge on any atom is -0.422 e. The molecule has 0 atom stereocenters. The third kappa shape index (κ3) is 4.02. The zero-order valence-corrected chi connectivity index (χ0v) is 17.1. The first-order chi connectivity index (χ1) is 13.0. The SMILES string of the molecule is CC1(C)OC(=O)C(CCn2c(C(=O)c3cccs3)ccc2S(C)(=O)=O)C(=O)O1. The minimum absolute atomic E-state index is 0.0445. The average molecular weight is 425 g/mol. The van der Waals surface area contributed by atoms with E-state index in [1.165, 1.54) is 41.9 Å². The molecule has 0 unspecified atom stereocenters. The number of ether oxygens (including phenoxy) is 2. The zero-order chi connectivity index (χ0) is 20.7. The van der Waals surface area contributed by atoms with E-state index >= 15 is 0 Å². The number of nitrogens with zero attached hydrogens (tertiary/aromatic N) is 1. The predicted molar refractivity (Wildman–Crippen MR) is 99.7 cm³/mol. The van der Waals surface area contributed by atoms with E-state index < -0.39 is 33.5 Å². The van der Waals surface area contributed by atoms with E-state index in [-0.39, 0.29) is 29.5 Å². The molecule has 2 aromatic rings. The number of hydrogen-bond donors (Lipinski definition) is 0. The van der Waals surface area contributed by atoms with Gasteiger partial charge < -0.3 is 14.0 Å². The Morgan fingerprint density at radius 1 is 1.18 bits per heavy atom. The summed E-state index contributed by atoms with van der Waals surface area (Å²) in [7, 11) is -3.63. The molecule has 1 aliphatic heterocycles. The molecule has 3 heterocycles. The average Bonchev–Trinajstić information content (AvgIpc) is 3.21. The number of hydrogen-bond acceptors (Lipinski definition) is 8. The Kier molecular flexibility index (Phi) is 5.20. The maximum Gasteiger partial charge on any atom is 0.323 e. The number of sulfone groups is 1. The van der Waals surface area contributed by atoms with Gasteiger partial charge in [-0.25, -0.2) is 8.42 Å².